The van der Waals surface area contributed by atoms with Crippen molar-refractivity contribution in [3.8, 4) is 6.07 Å². The third kappa shape index (κ3) is 3.75. The number of hydrogen-bond donors (Lipinski definition) is 0. The van der Waals surface area contributed by atoms with Crippen LogP contribution >= 0.6 is 0 Å². The number of ether oxygens (including phenoxy) is 1. The summed E-state index contributed by atoms with van der Waals surface area (Å²) in [5.74, 6) is 1.94. The molecule has 1 aromatic carbocycles. The van der Waals surface area contributed by atoms with Crippen molar-refractivity contribution in [1.82, 2.24) is 4.98 Å². The average molecular weight is 536 g/mol. The molecule has 3 heterocycles. The quantitative estimate of drug-likeness (QED) is 0.397. The van der Waals surface area contributed by atoms with Crippen molar-refractivity contribution in [2.45, 2.75) is 57.1 Å². The lowest BCUT2D eigenvalue weighted by Crippen LogP contribution is -2.37. The van der Waals surface area contributed by atoms with E-state index in [4.69, 9.17) is 10.00 Å². The number of para-hydroxylation sites is 1. The Kier molecular flexibility index (Phi) is 5.57. The Morgan fingerprint density at radius 3 is 2.71 bits per heavy atom. The zero-order chi connectivity index (χ0) is 27.6. The van der Waals surface area contributed by atoms with E-state index >= 15 is 0 Å². The van der Waals surface area contributed by atoms with E-state index in [1.54, 1.807) is 11.6 Å². The van der Waals surface area contributed by atoms with Crippen LogP contribution in [0.15, 0.2) is 114 Å². The Morgan fingerprint density at radius 1 is 1.00 bits per heavy atom. The molecule has 0 radical (unpaired) electrons. The van der Waals surface area contributed by atoms with E-state index in [9.17, 15) is 0 Å². The largest absolute Gasteiger partial charge is 0.486 e. The second-order valence-electron chi connectivity index (χ2n) is 12.1. The predicted molar refractivity (Wildman–Crippen MR) is 163 cm³/mol. The standard InChI is InChI=1S/C37H33N3O/c1-37-21-7-6-10-31(37)29-19-20-34-35(36(29)41-37)30-9-3-5-12-33(30)40(34)32-11-4-2-8-28(32)25-15-13-24(14-16-25)26-17-18-27(22-38)39-23-26/h2,4-8,10-13,15,17-18,21,23,31,34-35H,3,9,14,16,19-20H2,1H3. The smallest absolute Gasteiger partial charge is 0.140 e. The van der Waals surface area contributed by atoms with Gasteiger partial charge in [0.1, 0.15) is 23.1 Å². The summed E-state index contributed by atoms with van der Waals surface area (Å²) in [6, 6.07) is 15.3. The first kappa shape index (κ1) is 24.4. The van der Waals surface area contributed by atoms with Gasteiger partial charge in [-0.25, -0.2) is 4.98 Å². The fourth-order valence-corrected chi connectivity index (χ4v) is 8.00. The molecular weight excluding hydrogens is 502 g/mol. The van der Waals surface area contributed by atoms with Crippen molar-refractivity contribution in [3.63, 3.8) is 0 Å². The number of benzene rings is 1. The summed E-state index contributed by atoms with van der Waals surface area (Å²) in [7, 11) is 0. The van der Waals surface area contributed by atoms with Crippen LogP contribution in [0.25, 0.3) is 11.1 Å². The first-order valence-corrected chi connectivity index (χ1v) is 15.0. The molecule has 0 spiro atoms. The summed E-state index contributed by atoms with van der Waals surface area (Å²) in [4.78, 5) is 6.95. The molecule has 0 saturated heterocycles. The lowest BCUT2D eigenvalue weighted by Gasteiger charge is -2.37. The van der Waals surface area contributed by atoms with E-state index < -0.39 is 0 Å². The molecule has 2 aromatic rings. The normalized spacial score (nSPS) is 29.3. The predicted octanol–water partition coefficient (Wildman–Crippen LogP) is 8.20. The van der Waals surface area contributed by atoms with Crippen molar-refractivity contribution >= 4 is 16.8 Å². The maximum absolute atomic E-state index is 9.10. The van der Waals surface area contributed by atoms with Crippen LogP contribution in [-0.4, -0.2) is 16.6 Å². The maximum Gasteiger partial charge on any atom is 0.140 e. The van der Waals surface area contributed by atoms with Gasteiger partial charge >= 0.3 is 0 Å². The van der Waals surface area contributed by atoms with Gasteiger partial charge in [0.05, 0.1) is 5.92 Å². The Morgan fingerprint density at radius 2 is 1.88 bits per heavy atom. The topological polar surface area (TPSA) is 49.1 Å². The number of pyridine rings is 1. The maximum atomic E-state index is 9.10. The van der Waals surface area contributed by atoms with Crippen molar-refractivity contribution in [2.75, 3.05) is 4.90 Å². The summed E-state index contributed by atoms with van der Waals surface area (Å²) in [6.07, 6.45) is 26.4. The van der Waals surface area contributed by atoms with Crippen molar-refractivity contribution in [3.05, 3.63) is 131 Å². The van der Waals surface area contributed by atoms with Crippen LogP contribution < -0.4 is 4.90 Å². The number of aromatic nitrogens is 1. The van der Waals surface area contributed by atoms with Crippen LogP contribution in [0.5, 0.6) is 0 Å². The van der Waals surface area contributed by atoms with E-state index in [0.717, 1.165) is 44.1 Å². The molecule has 0 fully saturated rings. The lowest BCUT2D eigenvalue weighted by atomic mass is 9.74. The van der Waals surface area contributed by atoms with Crippen LogP contribution in [-0.2, 0) is 4.74 Å². The fourth-order valence-electron chi connectivity index (χ4n) is 8.00. The molecule has 8 rings (SSSR count). The Labute approximate surface area is 242 Å². The molecule has 0 N–H and O–H groups in total. The highest BCUT2D eigenvalue weighted by molar-refractivity contribution is 5.85. The monoisotopic (exact) mass is 535 g/mol. The summed E-state index contributed by atoms with van der Waals surface area (Å²) >= 11 is 0. The molecule has 4 unspecified atom stereocenters. The SMILES string of the molecule is CC12C=CC=CC1C1=C(O2)C2C3=C(C=CCC3)N(c3ccccc3C3=CC=C(c4ccc(C#N)nc4)CC3)C2CC1. The Bertz CT molecular complexity index is 1710. The number of fused-ring (bicyclic) bond motifs is 5. The minimum absolute atomic E-state index is 0.258. The molecule has 41 heavy (non-hydrogen) atoms. The number of nitriles is 1. The van der Waals surface area contributed by atoms with E-state index in [1.165, 1.54) is 39.4 Å². The summed E-state index contributed by atoms with van der Waals surface area (Å²) < 4.78 is 6.93. The zero-order valence-corrected chi connectivity index (χ0v) is 23.4. The van der Waals surface area contributed by atoms with E-state index in [1.807, 2.05) is 12.3 Å². The number of hydrogen-bond acceptors (Lipinski definition) is 4. The highest BCUT2D eigenvalue weighted by Gasteiger charge is 2.54. The van der Waals surface area contributed by atoms with Gasteiger partial charge in [-0.1, -0.05) is 60.7 Å². The molecule has 0 bridgehead atoms. The van der Waals surface area contributed by atoms with Crippen LogP contribution in [0, 0.1) is 23.2 Å². The third-order valence-corrected chi connectivity index (χ3v) is 9.92. The lowest BCUT2D eigenvalue weighted by molar-refractivity contribution is 0.0526. The molecule has 4 heteroatoms. The van der Waals surface area contributed by atoms with Gasteiger partial charge in [-0.05, 0) is 97.6 Å². The zero-order valence-electron chi connectivity index (χ0n) is 23.4. The van der Waals surface area contributed by atoms with Crippen LogP contribution in [0.4, 0.5) is 5.69 Å². The first-order chi connectivity index (χ1) is 20.1. The van der Waals surface area contributed by atoms with Crippen molar-refractivity contribution < 1.29 is 4.74 Å². The number of allylic oxidation sites excluding steroid dienone is 8. The van der Waals surface area contributed by atoms with Crippen molar-refractivity contribution in [2.24, 2.45) is 11.8 Å². The Balaban J connectivity index is 1.17. The second kappa shape index (κ2) is 9.35. The molecule has 202 valence electrons. The van der Waals surface area contributed by atoms with E-state index in [-0.39, 0.29) is 5.60 Å². The number of anilines is 1. The van der Waals surface area contributed by atoms with Crippen LogP contribution in [0.2, 0.25) is 0 Å². The van der Waals surface area contributed by atoms with Gasteiger partial charge in [0, 0.05) is 35.1 Å². The average Bonchev–Trinajstić information content (AvgIpc) is 3.53. The molecule has 6 aliphatic rings. The molecule has 4 atom stereocenters. The van der Waals surface area contributed by atoms with Gasteiger partial charge < -0.3 is 9.64 Å². The van der Waals surface area contributed by atoms with Crippen LogP contribution in [0.1, 0.15) is 62.3 Å². The fraction of sp³-hybridized carbons (Fsp3) is 0.297. The molecule has 0 amide bonds. The van der Waals surface area contributed by atoms with Crippen LogP contribution in [0.3, 0.4) is 0 Å². The van der Waals surface area contributed by atoms with Crippen molar-refractivity contribution in [1.29, 1.82) is 5.26 Å². The van der Waals surface area contributed by atoms with Gasteiger partial charge in [0.2, 0.25) is 0 Å². The van der Waals surface area contributed by atoms with Gasteiger partial charge in [0.15, 0.2) is 0 Å². The van der Waals surface area contributed by atoms with Gasteiger partial charge in [-0.15, -0.1) is 0 Å². The third-order valence-electron chi connectivity index (χ3n) is 9.92. The van der Waals surface area contributed by atoms with Gasteiger partial charge in [-0.3, -0.25) is 0 Å². The van der Waals surface area contributed by atoms with E-state index in [0.29, 0.717) is 23.6 Å². The first-order valence-electron chi connectivity index (χ1n) is 15.0. The second-order valence-corrected chi connectivity index (χ2v) is 12.1. The number of nitrogens with zero attached hydrogens (tertiary/aromatic N) is 3. The highest BCUT2D eigenvalue weighted by Crippen LogP contribution is 2.57. The molecule has 4 aliphatic carbocycles. The highest BCUT2D eigenvalue weighted by atomic mass is 16.5. The van der Waals surface area contributed by atoms with Gasteiger partial charge in [0.25, 0.3) is 0 Å². The molecular formula is C37H33N3O. The molecule has 4 nitrogen and oxygen atoms in total. The summed E-state index contributed by atoms with van der Waals surface area (Å²) in [5.41, 5.74) is 11.0. The summed E-state index contributed by atoms with van der Waals surface area (Å²) in [6.45, 7) is 2.26. The minimum atomic E-state index is -0.258. The molecule has 1 aromatic heterocycles. The Hall–Kier alpha value is -4.36. The van der Waals surface area contributed by atoms with E-state index in [2.05, 4.69) is 95.8 Å². The molecule has 0 saturated carbocycles. The summed E-state index contributed by atoms with van der Waals surface area (Å²) in [5, 5.41) is 9.10. The minimum Gasteiger partial charge on any atom is -0.486 e. The number of rotatable bonds is 3. The molecule has 2 aliphatic heterocycles. The van der Waals surface area contributed by atoms with Gasteiger partial charge in [-0.2, -0.15) is 5.26 Å².